The number of carbonyl (C=O) groups is 1. The van der Waals surface area contributed by atoms with Gasteiger partial charge in [0, 0.05) is 50.4 Å². The molecule has 1 aliphatic carbocycles. The molecule has 1 N–H and O–H groups in total. The van der Waals surface area contributed by atoms with Gasteiger partial charge in [-0.3, -0.25) is 29.1 Å². The van der Waals surface area contributed by atoms with E-state index in [1.54, 1.807) is 22.6 Å². The number of amides is 1. The molecule has 4 aromatic rings. The van der Waals surface area contributed by atoms with Gasteiger partial charge in [0.15, 0.2) is 0 Å². The number of pyridine rings is 3. The Labute approximate surface area is 193 Å². The Morgan fingerprint density at radius 3 is 2.74 bits per heavy atom. The molecule has 2 aliphatic rings. The van der Waals surface area contributed by atoms with Gasteiger partial charge < -0.3 is 4.90 Å². The molecule has 0 bridgehead atoms. The predicted octanol–water partition coefficient (Wildman–Crippen LogP) is 2.45. The first kappa shape index (κ1) is 20.5. The van der Waals surface area contributed by atoms with Gasteiger partial charge in [-0.1, -0.05) is 12.2 Å². The lowest BCUT2D eigenvalue weighted by atomic mass is 10.0. The number of aromatic amines is 1. The van der Waals surface area contributed by atoms with Crippen molar-refractivity contribution in [2.75, 3.05) is 13.1 Å². The molecule has 0 unspecified atom stereocenters. The van der Waals surface area contributed by atoms with E-state index >= 15 is 0 Å². The minimum atomic E-state index is -0.483. The van der Waals surface area contributed by atoms with Gasteiger partial charge >= 0.3 is 5.69 Å². The van der Waals surface area contributed by atoms with Crippen molar-refractivity contribution < 1.29 is 4.79 Å². The van der Waals surface area contributed by atoms with Gasteiger partial charge in [-0.05, 0) is 36.6 Å². The summed E-state index contributed by atoms with van der Waals surface area (Å²) in [5.41, 5.74) is 4.30. The van der Waals surface area contributed by atoms with E-state index in [4.69, 9.17) is 4.98 Å². The molecule has 1 fully saturated rings. The molecule has 6 rings (SSSR count). The van der Waals surface area contributed by atoms with E-state index in [2.05, 4.69) is 33.2 Å². The molecular weight excluding hydrogens is 432 g/mol. The number of nitrogens with zero attached hydrogens (tertiary/aromatic N) is 5. The molecule has 34 heavy (non-hydrogen) atoms. The summed E-state index contributed by atoms with van der Waals surface area (Å²) in [6, 6.07) is 5.62. The molecule has 4 aromatic heterocycles. The Morgan fingerprint density at radius 1 is 1.12 bits per heavy atom. The molecule has 1 saturated heterocycles. The smallest absolute Gasteiger partial charge is 0.329 e. The van der Waals surface area contributed by atoms with Crippen LogP contribution in [0.25, 0.3) is 39.3 Å². The van der Waals surface area contributed by atoms with Crippen LogP contribution in [-0.4, -0.2) is 48.4 Å². The SMILES string of the molecule is CC(=O)N1CCC(n2c(=O)[nH]c(=O)c3cnc4ccc(-c5cnc6c(c5)C=CC6)nc4c32)CC1. The first-order chi connectivity index (χ1) is 16.5. The van der Waals surface area contributed by atoms with Crippen LogP contribution in [0.15, 0.2) is 46.3 Å². The van der Waals surface area contributed by atoms with Gasteiger partial charge in [0.2, 0.25) is 5.91 Å². The molecule has 0 spiro atoms. The third kappa shape index (κ3) is 3.23. The Morgan fingerprint density at radius 2 is 1.94 bits per heavy atom. The van der Waals surface area contributed by atoms with Crippen molar-refractivity contribution in [3.8, 4) is 11.3 Å². The van der Waals surface area contributed by atoms with Crippen molar-refractivity contribution in [1.29, 1.82) is 0 Å². The number of hydrogen-bond donors (Lipinski definition) is 1. The monoisotopic (exact) mass is 454 g/mol. The number of nitrogens with one attached hydrogen (secondary N) is 1. The lowest BCUT2D eigenvalue weighted by Crippen LogP contribution is -2.41. The third-order valence-corrected chi connectivity index (χ3v) is 6.79. The summed E-state index contributed by atoms with van der Waals surface area (Å²) < 4.78 is 1.64. The van der Waals surface area contributed by atoms with E-state index in [1.165, 1.54) is 6.20 Å². The molecule has 9 nitrogen and oxygen atoms in total. The van der Waals surface area contributed by atoms with Crippen LogP contribution in [0.3, 0.4) is 0 Å². The minimum absolute atomic E-state index is 0.0240. The van der Waals surface area contributed by atoms with Crippen LogP contribution >= 0.6 is 0 Å². The first-order valence-electron chi connectivity index (χ1n) is 11.4. The van der Waals surface area contributed by atoms with Crippen molar-refractivity contribution in [1.82, 2.24) is 29.4 Å². The Bertz CT molecular complexity index is 1630. The molecule has 9 heteroatoms. The van der Waals surface area contributed by atoms with Crippen molar-refractivity contribution in [2.45, 2.75) is 32.2 Å². The fourth-order valence-electron chi connectivity index (χ4n) is 5.00. The molecule has 0 atom stereocenters. The van der Waals surface area contributed by atoms with Gasteiger partial charge in [0.05, 0.1) is 27.8 Å². The maximum absolute atomic E-state index is 13.1. The second-order valence-corrected chi connectivity index (χ2v) is 8.82. The van der Waals surface area contributed by atoms with Crippen molar-refractivity contribution in [3.63, 3.8) is 0 Å². The van der Waals surface area contributed by atoms with Crippen LogP contribution in [0.2, 0.25) is 0 Å². The summed E-state index contributed by atoms with van der Waals surface area (Å²) in [5, 5.41) is 0.320. The summed E-state index contributed by atoms with van der Waals surface area (Å²) in [7, 11) is 0. The first-order valence-corrected chi connectivity index (χ1v) is 11.4. The standard InChI is InChI=1S/C25H22N6O3/c1-14(32)30-9-7-17(8-10-30)31-23-18(24(33)29-25(31)34)13-27-21-6-5-20(28-22(21)23)16-11-15-3-2-4-19(15)26-12-16/h2-3,5-6,11-13,17H,4,7-10H2,1H3,(H,29,33,34). The van der Waals surface area contributed by atoms with Crippen LogP contribution in [0.1, 0.15) is 37.1 Å². The molecule has 0 radical (unpaired) electrons. The number of aromatic nitrogens is 5. The van der Waals surface area contributed by atoms with Crippen LogP contribution in [0.5, 0.6) is 0 Å². The maximum atomic E-state index is 13.1. The van der Waals surface area contributed by atoms with Crippen LogP contribution in [0, 0.1) is 0 Å². The lowest BCUT2D eigenvalue weighted by Gasteiger charge is -2.32. The number of H-pyrrole nitrogens is 1. The Kier molecular flexibility index (Phi) is 4.65. The molecule has 1 amide bonds. The number of carbonyl (C=O) groups excluding carboxylic acids is 1. The van der Waals surface area contributed by atoms with Crippen molar-refractivity contribution >= 4 is 33.9 Å². The van der Waals surface area contributed by atoms with E-state index in [0.717, 1.165) is 23.2 Å². The second-order valence-electron chi connectivity index (χ2n) is 8.82. The van der Waals surface area contributed by atoms with Gasteiger partial charge in [-0.2, -0.15) is 0 Å². The highest BCUT2D eigenvalue weighted by molar-refractivity contribution is 6.01. The third-order valence-electron chi connectivity index (χ3n) is 6.79. The topological polar surface area (TPSA) is 114 Å². The molecule has 0 aromatic carbocycles. The number of fused-ring (bicyclic) bond motifs is 4. The highest BCUT2D eigenvalue weighted by atomic mass is 16.2. The summed E-state index contributed by atoms with van der Waals surface area (Å²) in [4.78, 5) is 55.6. The Balaban J connectivity index is 1.56. The number of piperidine rings is 1. The number of likely N-dealkylation sites (tertiary alicyclic amines) is 1. The highest BCUT2D eigenvalue weighted by Crippen LogP contribution is 2.29. The van der Waals surface area contributed by atoms with E-state index in [9.17, 15) is 14.4 Å². The average molecular weight is 454 g/mol. The Hall–Kier alpha value is -4.14. The largest absolute Gasteiger partial charge is 0.343 e. The zero-order valence-corrected chi connectivity index (χ0v) is 18.6. The number of rotatable bonds is 2. The van der Waals surface area contributed by atoms with Crippen molar-refractivity contribution in [2.24, 2.45) is 0 Å². The van der Waals surface area contributed by atoms with Crippen LogP contribution in [0.4, 0.5) is 0 Å². The summed E-state index contributed by atoms with van der Waals surface area (Å²) in [6.07, 6.45) is 9.49. The van der Waals surface area contributed by atoms with Crippen LogP contribution < -0.4 is 11.2 Å². The summed E-state index contributed by atoms with van der Waals surface area (Å²) >= 11 is 0. The quantitative estimate of drug-likeness (QED) is 0.466. The zero-order chi connectivity index (χ0) is 23.4. The highest BCUT2D eigenvalue weighted by Gasteiger charge is 2.26. The van der Waals surface area contributed by atoms with E-state index in [0.29, 0.717) is 53.6 Å². The fourth-order valence-corrected chi connectivity index (χ4v) is 5.00. The summed E-state index contributed by atoms with van der Waals surface area (Å²) in [5.74, 6) is 0.0240. The minimum Gasteiger partial charge on any atom is -0.343 e. The number of hydrogen-bond acceptors (Lipinski definition) is 6. The normalized spacial score (nSPS) is 15.9. The predicted molar refractivity (Wildman–Crippen MR) is 128 cm³/mol. The molecule has 1 aliphatic heterocycles. The van der Waals surface area contributed by atoms with Gasteiger partial charge in [0.25, 0.3) is 5.56 Å². The molecule has 0 saturated carbocycles. The van der Waals surface area contributed by atoms with Gasteiger partial charge in [-0.15, -0.1) is 0 Å². The number of allylic oxidation sites excluding steroid dienone is 1. The van der Waals surface area contributed by atoms with E-state index < -0.39 is 11.2 Å². The fraction of sp³-hybridized carbons (Fsp3) is 0.280. The molecule has 170 valence electrons. The van der Waals surface area contributed by atoms with Gasteiger partial charge in [-0.25, -0.2) is 9.78 Å². The molecular formula is C25H22N6O3. The van der Waals surface area contributed by atoms with E-state index in [1.807, 2.05) is 12.1 Å². The van der Waals surface area contributed by atoms with Crippen LogP contribution in [-0.2, 0) is 11.2 Å². The average Bonchev–Trinajstić information content (AvgIpc) is 3.32. The summed E-state index contributed by atoms with van der Waals surface area (Å²) in [6.45, 7) is 2.67. The van der Waals surface area contributed by atoms with Crippen molar-refractivity contribution in [3.05, 3.63) is 68.8 Å². The zero-order valence-electron chi connectivity index (χ0n) is 18.6. The second kappa shape index (κ2) is 7.72. The lowest BCUT2D eigenvalue weighted by molar-refractivity contribution is -0.130. The molecule has 5 heterocycles. The van der Waals surface area contributed by atoms with E-state index in [-0.39, 0.29) is 11.9 Å². The maximum Gasteiger partial charge on any atom is 0.329 e. The van der Waals surface area contributed by atoms with Gasteiger partial charge in [0.1, 0.15) is 5.52 Å².